The lowest BCUT2D eigenvalue weighted by Crippen LogP contribution is -2.45. The van der Waals surface area contributed by atoms with Gasteiger partial charge in [0.1, 0.15) is 12.4 Å². The Morgan fingerprint density at radius 2 is 2.03 bits per heavy atom. The standard InChI is InChI=1S/C23H26FN5O.HI/c1-25-23(28-18-11-14-29(16-18)22-20(24)9-5-12-26-22)27-13-15-30-21-10-4-7-17-6-2-3-8-19(17)21;/h2-10,12,18H,11,13-16H2,1H3,(H2,25,27,28);1H. The van der Waals surface area contributed by atoms with Crippen molar-refractivity contribution in [3.05, 3.63) is 66.6 Å². The molecule has 1 atom stereocenters. The fourth-order valence-corrected chi connectivity index (χ4v) is 3.72. The van der Waals surface area contributed by atoms with Gasteiger partial charge in [0.2, 0.25) is 0 Å². The Hall–Kier alpha value is -2.62. The molecule has 164 valence electrons. The Balaban J connectivity index is 0.00000272. The van der Waals surface area contributed by atoms with Crippen molar-refractivity contribution in [2.24, 2.45) is 4.99 Å². The van der Waals surface area contributed by atoms with Gasteiger partial charge in [0, 0.05) is 37.8 Å². The number of halogens is 2. The number of aromatic nitrogens is 1. The molecule has 2 aromatic carbocycles. The predicted molar refractivity (Wildman–Crippen MR) is 134 cm³/mol. The fraction of sp³-hybridized carbons (Fsp3) is 0.304. The van der Waals surface area contributed by atoms with Crippen molar-refractivity contribution in [3.8, 4) is 5.75 Å². The summed E-state index contributed by atoms with van der Waals surface area (Å²) in [4.78, 5) is 10.4. The summed E-state index contributed by atoms with van der Waals surface area (Å²) < 4.78 is 19.9. The zero-order chi connectivity index (χ0) is 20.8. The molecular weight excluding hydrogens is 508 g/mol. The highest BCUT2D eigenvalue weighted by molar-refractivity contribution is 14.0. The monoisotopic (exact) mass is 535 g/mol. The van der Waals surface area contributed by atoms with Gasteiger partial charge in [-0.3, -0.25) is 4.99 Å². The van der Waals surface area contributed by atoms with Crippen molar-refractivity contribution in [2.75, 3.05) is 38.2 Å². The van der Waals surface area contributed by atoms with E-state index in [2.05, 4.69) is 38.8 Å². The van der Waals surface area contributed by atoms with Crippen LogP contribution in [0.15, 0.2) is 65.8 Å². The van der Waals surface area contributed by atoms with E-state index in [1.165, 1.54) is 6.07 Å². The van der Waals surface area contributed by atoms with Gasteiger partial charge in [-0.05, 0) is 30.0 Å². The lowest BCUT2D eigenvalue weighted by atomic mass is 10.1. The molecule has 8 heteroatoms. The van der Waals surface area contributed by atoms with Crippen molar-refractivity contribution < 1.29 is 9.13 Å². The van der Waals surface area contributed by atoms with Gasteiger partial charge in [-0.2, -0.15) is 0 Å². The second kappa shape index (κ2) is 11.1. The van der Waals surface area contributed by atoms with Crippen LogP contribution in [0.3, 0.4) is 0 Å². The van der Waals surface area contributed by atoms with E-state index in [9.17, 15) is 4.39 Å². The minimum atomic E-state index is -0.286. The van der Waals surface area contributed by atoms with Crippen LogP contribution in [0.25, 0.3) is 10.8 Å². The minimum absolute atomic E-state index is 0. The van der Waals surface area contributed by atoms with Gasteiger partial charge in [0.15, 0.2) is 17.6 Å². The third-order valence-electron chi connectivity index (χ3n) is 5.19. The van der Waals surface area contributed by atoms with Crippen LogP contribution in [-0.4, -0.2) is 50.3 Å². The fourth-order valence-electron chi connectivity index (χ4n) is 3.72. The minimum Gasteiger partial charge on any atom is -0.491 e. The van der Waals surface area contributed by atoms with Crippen LogP contribution in [0.1, 0.15) is 6.42 Å². The smallest absolute Gasteiger partial charge is 0.191 e. The van der Waals surface area contributed by atoms with Crippen LogP contribution in [0.5, 0.6) is 5.75 Å². The number of fused-ring (bicyclic) bond motifs is 1. The molecule has 2 heterocycles. The average molecular weight is 535 g/mol. The van der Waals surface area contributed by atoms with E-state index < -0.39 is 0 Å². The van der Waals surface area contributed by atoms with E-state index in [1.54, 1.807) is 19.3 Å². The van der Waals surface area contributed by atoms with Crippen LogP contribution >= 0.6 is 24.0 Å². The molecule has 1 fully saturated rings. The summed E-state index contributed by atoms with van der Waals surface area (Å²) in [5.74, 6) is 1.71. The summed E-state index contributed by atoms with van der Waals surface area (Å²) in [6.45, 7) is 2.58. The van der Waals surface area contributed by atoms with E-state index in [0.29, 0.717) is 31.5 Å². The highest BCUT2D eigenvalue weighted by Gasteiger charge is 2.25. The number of hydrogen-bond donors (Lipinski definition) is 2. The molecule has 0 radical (unpaired) electrons. The molecule has 0 aliphatic carbocycles. The van der Waals surface area contributed by atoms with Gasteiger partial charge in [-0.15, -0.1) is 24.0 Å². The third-order valence-corrected chi connectivity index (χ3v) is 5.19. The molecule has 6 nitrogen and oxygen atoms in total. The first-order valence-corrected chi connectivity index (χ1v) is 10.2. The maximum atomic E-state index is 14.0. The van der Waals surface area contributed by atoms with E-state index >= 15 is 0 Å². The molecule has 31 heavy (non-hydrogen) atoms. The number of rotatable bonds is 6. The first-order chi connectivity index (χ1) is 14.7. The molecule has 1 saturated heterocycles. The summed E-state index contributed by atoms with van der Waals surface area (Å²) >= 11 is 0. The molecule has 1 aliphatic rings. The predicted octanol–water partition coefficient (Wildman–Crippen LogP) is 3.81. The third kappa shape index (κ3) is 5.75. The lowest BCUT2D eigenvalue weighted by molar-refractivity contribution is 0.325. The Morgan fingerprint density at radius 3 is 2.87 bits per heavy atom. The quantitative estimate of drug-likeness (QED) is 0.218. The highest BCUT2D eigenvalue weighted by Crippen LogP contribution is 2.25. The Morgan fingerprint density at radius 1 is 1.19 bits per heavy atom. The van der Waals surface area contributed by atoms with Crippen molar-refractivity contribution >= 4 is 46.5 Å². The number of hydrogen-bond acceptors (Lipinski definition) is 4. The van der Waals surface area contributed by atoms with E-state index in [4.69, 9.17) is 4.74 Å². The van der Waals surface area contributed by atoms with Gasteiger partial charge in [0.25, 0.3) is 0 Å². The summed E-state index contributed by atoms with van der Waals surface area (Å²) in [5.41, 5.74) is 0. The van der Waals surface area contributed by atoms with Gasteiger partial charge in [-0.1, -0.05) is 36.4 Å². The van der Waals surface area contributed by atoms with Gasteiger partial charge >= 0.3 is 0 Å². The number of nitrogens with zero attached hydrogens (tertiary/aromatic N) is 3. The van der Waals surface area contributed by atoms with Crippen LogP contribution in [0, 0.1) is 5.82 Å². The number of nitrogens with one attached hydrogen (secondary N) is 2. The molecule has 0 amide bonds. The van der Waals surface area contributed by atoms with Crippen molar-refractivity contribution in [2.45, 2.75) is 12.5 Å². The second-order valence-corrected chi connectivity index (χ2v) is 7.21. The lowest BCUT2D eigenvalue weighted by Gasteiger charge is -2.20. The number of benzene rings is 2. The van der Waals surface area contributed by atoms with Crippen LogP contribution in [0.2, 0.25) is 0 Å². The van der Waals surface area contributed by atoms with Crippen LogP contribution in [-0.2, 0) is 0 Å². The normalized spacial score (nSPS) is 16.1. The Bertz CT molecular complexity index is 1030. The zero-order valence-corrected chi connectivity index (χ0v) is 19.8. The van der Waals surface area contributed by atoms with Crippen molar-refractivity contribution in [3.63, 3.8) is 0 Å². The van der Waals surface area contributed by atoms with Crippen molar-refractivity contribution in [1.29, 1.82) is 0 Å². The SMILES string of the molecule is CN=C(NCCOc1cccc2ccccc12)NC1CCN(c2ncccc2F)C1.I. The number of pyridine rings is 1. The van der Waals surface area contributed by atoms with Gasteiger partial charge in [0.05, 0.1) is 6.54 Å². The average Bonchev–Trinajstić information content (AvgIpc) is 3.24. The summed E-state index contributed by atoms with van der Waals surface area (Å²) in [6, 6.07) is 17.5. The van der Waals surface area contributed by atoms with Gasteiger partial charge in [-0.25, -0.2) is 9.37 Å². The van der Waals surface area contributed by atoms with Gasteiger partial charge < -0.3 is 20.3 Å². The van der Waals surface area contributed by atoms with Crippen LogP contribution < -0.4 is 20.3 Å². The summed E-state index contributed by atoms with van der Waals surface area (Å²) in [5, 5.41) is 8.96. The molecule has 0 saturated carbocycles. The highest BCUT2D eigenvalue weighted by atomic mass is 127. The maximum Gasteiger partial charge on any atom is 0.191 e. The van der Waals surface area contributed by atoms with E-state index in [1.807, 2.05) is 29.2 Å². The summed E-state index contributed by atoms with van der Waals surface area (Å²) in [6.07, 6.45) is 2.51. The molecule has 3 aromatic rings. The number of ether oxygens (including phenoxy) is 1. The Kier molecular flexibility index (Phi) is 8.27. The zero-order valence-electron chi connectivity index (χ0n) is 17.4. The molecule has 0 bridgehead atoms. The molecule has 1 aliphatic heterocycles. The first kappa shape index (κ1) is 23.1. The van der Waals surface area contributed by atoms with E-state index in [-0.39, 0.29) is 35.8 Å². The van der Waals surface area contributed by atoms with E-state index in [0.717, 1.165) is 29.5 Å². The molecule has 0 spiro atoms. The molecule has 2 N–H and O–H groups in total. The second-order valence-electron chi connectivity index (χ2n) is 7.21. The number of aliphatic imine (C=N–C) groups is 1. The summed E-state index contributed by atoms with van der Waals surface area (Å²) in [7, 11) is 1.74. The number of guanidine groups is 1. The molecule has 1 unspecified atom stereocenters. The first-order valence-electron chi connectivity index (χ1n) is 10.2. The molecule has 1 aromatic heterocycles. The molecule has 4 rings (SSSR count). The van der Waals surface area contributed by atoms with Crippen molar-refractivity contribution in [1.82, 2.24) is 15.6 Å². The number of anilines is 1. The maximum absolute atomic E-state index is 14.0. The van der Waals surface area contributed by atoms with Crippen LogP contribution in [0.4, 0.5) is 10.2 Å². The topological polar surface area (TPSA) is 61.8 Å². The Labute approximate surface area is 198 Å². The largest absolute Gasteiger partial charge is 0.491 e. The molecular formula is C23H27FIN5O.